The number of aromatic nitrogens is 2. The number of halogens is 1. The summed E-state index contributed by atoms with van der Waals surface area (Å²) >= 11 is 6.18. The van der Waals surface area contributed by atoms with Crippen molar-refractivity contribution in [1.29, 1.82) is 0 Å². The third kappa shape index (κ3) is 4.47. The van der Waals surface area contributed by atoms with Crippen LogP contribution in [0.2, 0.25) is 5.15 Å². The van der Waals surface area contributed by atoms with E-state index in [1.807, 2.05) is 47.9 Å². The summed E-state index contributed by atoms with van der Waals surface area (Å²) in [7, 11) is 0. The van der Waals surface area contributed by atoms with Gasteiger partial charge in [0.15, 0.2) is 5.15 Å². The molecular formula is C22H27ClN2O3. The van der Waals surface area contributed by atoms with Crippen molar-refractivity contribution in [3.8, 4) is 0 Å². The number of rotatable bonds is 8. The number of carboxylic acids is 1. The summed E-state index contributed by atoms with van der Waals surface area (Å²) in [5.41, 5.74) is 2.45. The number of allylic oxidation sites excluding steroid dienone is 1. The van der Waals surface area contributed by atoms with E-state index in [4.69, 9.17) is 11.6 Å². The van der Waals surface area contributed by atoms with Gasteiger partial charge in [-0.05, 0) is 42.4 Å². The van der Waals surface area contributed by atoms with Crippen LogP contribution >= 0.6 is 11.6 Å². The Hall–Kier alpha value is -2.11. The first kappa shape index (κ1) is 20.6. The van der Waals surface area contributed by atoms with E-state index < -0.39 is 11.9 Å². The van der Waals surface area contributed by atoms with E-state index in [0.717, 1.165) is 43.2 Å². The Bertz CT molecular complexity index is 836. The Morgan fingerprint density at radius 1 is 1.32 bits per heavy atom. The highest BCUT2D eigenvalue weighted by molar-refractivity contribution is 6.30. The maximum absolute atomic E-state index is 11.8. The second kappa shape index (κ2) is 9.39. The topological polar surface area (TPSA) is 75.4 Å². The number of carbonyl (C=O) groups is 1. The fraction of sp³-hybridized carbons (Fsp3) is 0.455. The second-order valence-corrected chi connectivity index (χ2v) is 7.72. The maximum atomic E-state index is 11.8. The van der Waals surface area contributed by atoms with Gasteiger partial charge in [0.1, 0.15) is 5.82 Å². The van der Waals surface area contributed by atoms with Crippen molar-refractivity contribution in [2.45, 2.75) is 58.1 Å². The van der Waals surface area contributed by atoms with E-state index in [1.54, 1.807) is 0 Å². The van der Waals surface area contributed by atoms with E-state index in [1.165, 1.54) is 0 Å². The van der Waals surface area contributed by atoms with Crippen molar-refractivity contribution < 1.29 is 15.0 Å². The molecule has 1 atom stereocenters. The Kier molecular flexibility index (Phi) is 6.92. The van der Waals surface area contributed by atoms with Crippen LogP contribution in [0.15, 0.2) is 30.3 Å². The molecule has 0 amide bonds. The maximum Gasteiger partial charge on any atom is 0.311 e. The van der Waals surface area contributed by atoms with Gasteiger partial charge in [0.25, 0.3) is 0 Å². The van der Waals surface area contributed by atoms with Crippen LogP contribution in [-0.4, -0.2) is 25.7 Å². The molecule has 1 fully saturated rings. The zero-order chi connectivity index (χ0) is 20.1. The molecule has 0 radical (unpaired) electrons. The largest absolute Gasteiger partial charge is 0.481 e. The summed E-state index contributed by atoms with van der Waals surface area (Å²) in [6.45, 7) is 2.37. The van der Waals surface area contributed by atoms with Crippen LogP contribution < -0.4 is 0 Å². The van der Waals surface area contributed by atoms with Gasteiger partial charge in [-0.3, -0.25) is 4.79 Å². The molecule has 3 rings (SSSR count). The SMILES string of the molecule is CCC=Cc1nc(Cl)c(CO)n1Cc1ccc(C(C(=O)O)C2CCCC2)cc1. The van der Waals surface area contributed by atoms with Crippen molar-refractivity contribution in [3.63, 3.8) is 0 Å². The summed E-state index contributed by atoms with van der Waals surface area (Å²) in [5, 5.41) is 19.7. The average molecular weight is 403 g/mol. The Morgan fingerprint density at radius 3 is 2.57 bits per heavy atom. The molecule has 2 N–H and O–H groups in total. The number of aliphatic carboxylic acids is 1. The molecule has 0 spiro atoms. The smallest absolute Gasteiger partial charge is 0.311 e. The molecule has 0 saturated heterocycles. The van der Waals surface area contributed by atoms with Crippen LogP contribution in [0.1, 0.15) is 67.6 Å². The van der Waals surface area contributed by atoms with Gasteiger partial charge in [-0.25, -0.2) is 4.98 Å². The van der Waals surface area contributed by atoms with Crippen LogP contribution in [0, 0.1) is 5.92 Å². The van der Waals surface area contributed by atoms with Gasteiger partial charge in [-0.2, -0.15) is 0 Å². The number of carboxylic acid groups (broad SMARTS) is 1. The van der Waals surface area contributed by atoms with Gasteiger partial charge in [0.2, 0.25) is 0 Å². The first-order valence-electron chi connectivity index (χ1n) is 9.89. The van der Waals surface area contributed by atoms with Crippen LogP contribution in [0.25, 0.3) is 6.08 Å². The van der Waals surface area contributed by atoms with E-state index in [-0.39, 0.29) is 12.5 Å². The summed E-state index contributed by atoms with van der Waals surface area (Å²) in [6.07, 6.45) is 8.99. The minimum absolute atomic E-state index is 0.188. The molecule has 1 aliphatic rings. The van der Waals surface area contributed by atoms with Gasteiger partial charge in [0, 0.05) is 6.54 Å². The number of imidazole rings is 1. The minimum atomic E-state index is -0.740. The summed E-state index contributed by atoms with van der Waals surface area (Å²) in [4.78, 5) is 16.2. The number of hydrogen-bond acceptors (Lipinski definition) is 3. The molecule has 1 aliphatic carbocycles. The first-order chi connectivity index (χ1) is 13.5. The predicted molar refractivity (Wildman–Crippen MR) is 110 cm³/mol. The fourth-order valence-electron chi connectivity index (χ4n) is 4.07. The van der Waals surface area contributed by atoms with Crippen LogP contribution in [0.3, 0.4) is 0 Å². The standard InChI is InChI=1S/C22H27ClN2O3/c1-2-3-8-19-24-21(23)18(14-26)25(19)13-15-9-11-17(12-10-15)20(22(27)28)16-6-4-5-7-16/h3,8-12,16,20,26H,2,4-7,13-14H2,1H3,(H,27,28). The van der Waals surface area contributed by atoms with E-state index in [9.17, 15) is 15.0 Å². The van der Waals surface area contributed by atoms with Gasteiger partial charge >= 0.3 is 5.97 Å². The number of nitrogens with zero attached hydrogens (tertiary/aromatic N) is 2. The molecule has 1 aromatic carbocycles. The highest BCUT2D eigenvalue weighted by Gasteiger charge is 2.31. The lowest BCUT2D eigenvalue weighted by Crippen LogP contribution is -2.19. The molecular weight excluding hydrogens is 376 g/mol. The number of aliphatic hydroxyl groups is 1. The minimum Gasteiger partial charge on any atom is -0.481 e. The molecule has 1 saturated carbocycles. The van der Waals surface area contributed by atoms with E-state index in [2.05, 4.69) is 4.98 Å². The van der Waals surface area contributed by atoms with E-state index >= 15 is 0 Å². The first-order valence-corrected chi connectivity index (χ1v) is 10.3. The Morgan fingerprint density at radius 2 is 2.00 bits per heavy atom. The van der Waals surface area contributed by atoms with Crippen LogP contribution in [0.4, 0.5) is 0 Å². The zero-order valence-electron chi connectivity index (χ0n) is 16.1. The molecule has 1 heterocycles. The van der Waals surface area contributed by atoms with Gasteiger partial charge in [-0.15, -0.1) is 0 Å². The second-order valence-electron chi connectivity index (χ2n) is 7.36. The summed E-state index contributed by atoms with van der Waals surface area (Å²) < 4.78 is 1.90. The molecule has 0 aliphatic heterocycles. The lowest BCUT2D eigenvalue weighted by Gasteiger charge is -2.20. The molecule has 2 aromatic rings. The van der Waals surface area contributed by atoms with Crippen molar-refractivity contribution in [2.75, 3.05) is 0 Å². The molecule has 1 unspecified atom stereocenters. The molecule has 5 nitrogen and oxygen atoms in total. The van der Waals surface area contributed by atoms with Gasteiger partial charge in [0.05, 0.1) is 18.2 Å². The quantitative estimate of drug-likeness (QED) is 0.661. The normalized spacial score (nSPS) is 16.1. The number of aliphatic hydroxyl groups excluding tert-OH is 1. The van der Waals surface area contributed by atoms with Crippen LogP contribution in [0.5, 0.6) is 0 Å². The molecule has 6 heteroatoms. The van der Waals surface area contributed by atoms with Gasteiger partial charge < -0.3 is 14.8 Å². The predicted octanol–water partition coefficient (Wildman–Crippen LogP) is 4.86. The van der Waals surface area contributed by atoms with Crippen molar-refractivity contribution in [1.82, 2.24) is 9.55 Å². The van der Waals surface area contributed by atoms with Crippen molar-refractivity contribution in [3.05, 3.63) is 58.1 Å². The Labute approximate surface area is 170 Å². The van der Waals surface area contributed by atoms with Crippen molar-refractivity contribution >= 4 is 23.6 Å². The van der Waals surface area contributed by atoms with Gasteiger partial charge in [-0.1, -0.05) is 61.7 Å². The fourth-order valence-corrected chi connectivity index (χ4v) is 4.32. The summed E-state index contributed by atoms with van der Waals surface area (Å²) in [6, 6.07) is 7.77. The monoisotopic (exact) mass is 402 g/mol. The lowest BCUT2D eigenvalue weighted by molar-refractivity contribution is -0.140. The lowest BCUT2D eigenvalue weighted by atomic mass is 9.84. The Balaban J connectivity index is 1.84. The number of benzene rings is 1. The van der Waals surface area contributed by atoms with E-state index in [0.29, 0.717) is 23.2 Å². The zero-order valence-corrected chi connectivity index (χ0v) is 16.9. The molecule has 150 valence electrons. The van der Waals surface area contributed by atoms with Crippen molar-refractivity contribution in [2.24, 2.45) is 5.92 Å². The molecule has 0 bridgehead atoms. The highest BCUT2D eigenvalue weighted by atomic mass is 35.5. The number of hydrogen-bond donors (Lipinski definition) is 2. The highest BCUT2D eigenvalue weighted by Crippen LogP contribution is 2.37. The molecule has 28 heavy (non-hydrogen) atoms. The molecule has 1 aromatic heterocycles. The third-order valence-electron chi connectivity index (χ3n) is 5.52. The third-order valence-corrected chi connectivity index (χ3v) is 5.83. The van der Waals surface area contributed by atoms with Crippen LogP contribution in [-0.2, 0) is 17.9 Å². The summed E-state index contributed by atoms with van der Waals surface area (Å²) in [5.74, 6) is -0.247. The average Bonchev–Trinajstić information content (AvgIpc) is 3.29.